The molecule has 4 nitrogen and oxygen atoms in total. The van der Waals surface area contributed by atoms with Gasteiger partial charge in [0.2, 0.25) is 5.91 Å². The van der Waals surface area contributed by atoms with E-state index in [1.54, 1.807) is 24.3 Å². The highest BCUT2D eigenvalue weighted by Crippen LogP contribution is 2.27. The van der Waals surface area contributed by atoms with Crippen LogP contribution in [0.1, 0.15) is 11.1 Å². The van der Waals surface area contributed by atoms with Crippen LogP contribution in [0.25, 0.3) is 0 Å². The second kappa shape index (κ2) is 9.66. The summed E-state index contributed by atoms with van der Waals surface area (Å²) in [5.74, 6) is -0.169. The summed E-state index contributed by atoms with van der Waals surface area (Å²) < 4.78 is 6.08. The van der Waals surface area contributed by atoms with E-state index < -0.39 is 5.60 Å². The van der Waals surface area contributed by atoms with E-state index >= 15 is 0 Å². The zero-order chi connectivity index (χ0) is 20.1. The summed E-state index contributed by atoms with van der Waals surface area (Å²) in [4.78, 5) is 12.5. The van der Waals surface area contributed by atoms with Crippen molar-refractivity contribution in [3.63, 3.8) is 0 Å². The lowest BCUT2D eigenvalue weighted by molar-refractivity contribution is -0.123. The predicted molar refractivity (Wildman–Crippen MR) is 115 cm³/mol. The van der Waals surface area contributed by atoms with Crippen molar-refractivity contribution in [3.8, 4) is 0 Å². The lowest BCUT2D eigenvalue weighted by Gasteiger charge is -2.38. The van der Waals surface area contributed by atoms with Crippen LogP contribution in [0.4, 0.5) is 0 Å². The highest BCUT2D eigenvalue weighted by atomic mass is 35.5. The highest BCUT2D eigenvalue weighted by molar-refractivity contribution is 6.42. The van der Waals surface area contributed by atoms with Crippen molar-refractivity contribution in [3.05, 3.63) is 67.6 Å². The number of hydrogen-bond acceptors (Lipinski definition) is 3. The molecule has 0 bridgehead atoms. The minimum Gasteiger partial charge on any atom is -0.370 e. The average Bonchev–Trinajstić information content (AvgIpc) is 2.67. The van der Waals surface area contributed by atoms with Crippen LogP contribution in [0.15, 0.2) is 36.4 Å². The molecular formula is C20H20Cl4N2O2. The van der Waals surface area contributed by atoms with Crippen molar-refractivity contribution in [2.24, 2.45) is 0 Å². The first kappa shape index (κ1) is 21.7. The van der Waals surface area contributed by atoms with Gasteiger partial charge in [0.25, 0.3) is 0 Å². The molecule has 1 heterocycles. The van der Waals surface area contributed by atoms with Crippen LogP contribution in [0.2, 0.25) is 20.1 Å². The Kier molecular flexibility index (Phi) is 7.48. The van der Waals surface area contributed by atoms with Gasteiger partial charge in [0.05, 0.1) is 23.1 Å². The van der Waals surface area contributed by atoms with E-state index in [9.17, 15) is 4.79 Å². The van der Waals surface area contributed by atoms with Crippen LogP contribution in [0.3, 0.4) is 0 Å². The van der Waals surface area contributed by atoms with Crippen LogP contribution in [0, 0.1) is 0 Å². The maximum absolute atomic E-state index is 12.5. The molecule has 0 saturated carbocycles. The molecule has 8 heteroatoms. The molecule has 0 aliphatic carbocycles. The molecule has 1 aliphatic rings. The van der Waals surface area contributed by atoms with Gasteiger partial charge in [-0.2, -0.15) is 0 Å². The Morgan fingerprint density at radius 2 is 1.82 bits per heavy atom. The number of carbonyl (C=O) groups excluding carboxylic acids is 1. The third-order valence-corrected chi connectivity index (χ3v) is 6.10. The molecule has 1 aliphatic heterocycles. The summed E-state index contributed by atoms with van der Waals surface area (Å²) in [5.41, 5.74) is 1.03. The first-order chi connectivity index (χ1) is 13.4. The van der Waals surface area contributed by atoms with Gasteiger partial charge in [0, 0.05) is 36.1 Å². The number of halogens is 4. The number of benzene rings is 2. The van der Waals surface area contributed by atoms with Crippen LogP contribution in [0.5, 0.6) is 0 Å². The normalized spacial score (nSPS) is 19.4. The molecule has 1 saturated heterocycles. The van der Waals surface area contributed by atoms with E-state index in [0.29, 0.717) is 51.8 Å². The summed E-state index contributed by atoms with van der Waals surface area (Å²) in [5, 5.41) is 8.25. The lowest BCUT2D eigenvalue weighted by Crippen LogP contribution is -2.57. The van der Waals surface area contributed by atoms with Crippen molar-refractivity contribution < 1.29 is 9.53 Å². The van der Waals surface area contributed by atoms with Gasteiger partial charge in [-0.3, -0.25) is 4.79 Å². The Hall–Kier alpha value is -1.01. The largest absolute Gasteiger partial charge is 0.370 e. The van der Waals surface area contributed by atoms with Crippen LogP contribution in [-0.2, 0) is 22.4 Å². The van der Waals surface area contributed by atoms with Crippen LogP contribution in [-0.4, -0.2) is 37.7 Å². The molecule has 1 fully saturated rings. The summed E-state index contributed by atoms with van der Waals surface area (Å²) in [7, 11) is 0. The fourth-order valence-corrected chi connectivity index (χ4v) is 4.05. The highest BCUT2D eigenvalue weighted by Gasteiger charge is 2.34. The molecule has 28 heavy (non-hydrogen) atoms. The van der Waals surface area contributed by atoms with E-state index in [1.165, 1.54) is 0 Å². The maximum Gasteiger partial charge on any atom is 0.224 e. The van der Waals surface area contributed by atoms with Crippen molar-refractivity contribution in [2.45, 2.75) is 18.4 Å². The first-order valence-corrected chi connectivity index (χ1v) is 10.4. The number of carbonyl (C=O) groups is 1. The lowest BCUT2D eigenvalue weighted by atomic mass is 9.92. The Morgan fingerprint density at radius 3 is 2.46 bits per heavy atom. The van der Waals surface area contributed by atoms with Crippen molar-refractivity contribution in [1.29, 1.82) is 0 Å². The van der Waals surface area contributed by atoms with E-state index in [2.05, 4.69) is 10.6 Å². The number of nitrogens with one attached hydrogen (secondary N) is 2. The molecule has 2 aromatic rings. The molecule has 2 N–H and O–H groups in total. The smallest absolute Gasteiger partial charge is 0.224 e. The molecule has 1 unspecified atom stereocenters. The SMILES string of the molecule is O=C(Cc1c(Cl)cccc1Cl)NCC1(Cc2ccc(Cl)c(Cl)c2)CNCCO1. The average molecular weight is 462 g/mol. The van der Waals surface area contributed by atoms with Gasteiger partial charge in [-0.15, -0.1) is 0 Å². The fraction of sp³-hybridized carbons (Fsp3) is 0.350. The second-order valence-electron chi connectivity index (χ2n) is 6.79. The van der Waals surface area contributed by atoms with Crippen LogP contribution < -0.4 is 10.6 Å². The molecule has 2 aromatic carbocycles. The number of amides is 1. The molecule has 1 amide bonds. The Balaban J connectivity index is 1.68. The minimum atomic E-state index is -0.574. The van der Waals surface area contributed by atoms with Gasteiger partial charge in [0.1, 0.15) is 5.60 Å². The number of ether oxygens (including phenoxy) is 1. The second-order valence-corrected chi connectivity index (χ2v) is 8.42. The van der Waals surface area contributed by atoms with Crippen LogP contribution >= 0.6 is 46.4 Å². The molecule has 0 spiro atoms. The third-order valence-electron chi connectivity index (χ3n) is 4.65. The van der Waals surface area contributed by atoms with Gasteiger partial charge in [-0.05, 0) is 35.4 Å². The number of hydrogen-bond donors (Lipinski definition) is 2. The summed E-state index contributed by atoms with van der Waals surface area (Å²) in [6.45, 7) is 2.29. The summed E-state index contributed by atoms with van der Waals surface area (Å²) in [6, 6.07) is 10.7. The Bertz CT molecular complexity index is 834. The Labute approximate surface area is 184 Å². The van der Waals surface area contributed by atoms with Gasteiger partial charge >= 0.3 is 0 Å². The standard InChI is InChI=1S/C20H20Cl4N2O2/c21-15-2-1-3-16(22)14(15)9-19(27)26-12-20(11-25-6-7-28-20)10-13-4-5-17(23)18(24)8-13/h1-5,8,25H,6-7,9-12H2,(H,26,27). The van der Waals surface area contributed by atoms with Crippen molar-refractivity contribution >= 4 is 52.3 Å². The first-order valence-electron chi connectivity index (χ1n) is 8.87. The predicted octanol–water partition coefficient (Wildman–Crippen LogP) is 4.56. The van der Waals surface area contributed by atoms with Gasteiger partial charge in [-0.1, -0.05) is 58.5 Å². The number of morpholine rings is 1. The molecule has 150 valence electrons. The molecule has 1 atom stereocenters. The van der Waals surface area contributed by atoms with E-state index in [4.69, 9.17) is 51.1 Å². The molecule has 0 aromatic heterocycles. The minimum absolute atomic E-state index is 0.106. The summed E-state index contributed by atoms with van der Waals surface area (Å²) in [6.07, 6.45) is 0.693. The molecule has 3 rings (SSSR count). The zero-order valence-electron chi connectivity index (χ0n) is 15.0. The third kappa shape index (κ3) is 5.53. The molecule has 0 radical (unpaired) electrons. The van der Waals surface area contributed by atoms with Gasteiger partial charge in [0.15, 0.2) is 0 Å². The van der Waals surface area contributed by atoms with E-state index in [1.807, 2.05) is 12.1 Å². The number of rotatable bonds is 6. The van der Waals surface area contributed by atoms with Gasteiger partial charge < -0.3 is 15.4 Å². The van der Waals surface area contributed by atoms with Gasteiger partial charge in [-0.25, -0.2) is 0 Å². The van der Waals surface area contributed by atoms with Crippen molar-refractivity contribution in [2.75, 3.05) is 26.2 Å². The maximum atomic E-state index is 12.5. The van der Waals surface area contributed by atoms with E-state index in [-0.39, 0.29) is 12.3 Å². The van der Waals surface area contributed by atoms with E-state index in [0.717, 1.165) is 12.1 Å². The summed E-state index contributed by atoms with van der Waals surface area (Å²) >= 11 is 24.5. The Morgan fingerprint density at radius 1 is 1.07 bits per heavy atom. The quantitative estimate of drug-likeness (QED) is 0.662. The zero-order valence-corrected chi connectivity index (χ0v) is 18.1. The molecular weight excluding hydrogens is 442 g/mol. The monoisotopic (exact) mass is 460 g/mol. The fourth-order valence-electron chi connectivity index (χ4n) is 3.20. The van der Waals surface area contributed by atoms with Crippen molar-refractivity contribution in [1.82, 2.24) is 10.6 Å². The topological polar surface area (TPSA) is 50.4 Å².